The van der Waals surface area contributed by atoms with Crippen molar-refractivity contribution in [1.29, 1.82) is 0 Å². The third kappa shape index (κ3) is 55.7. The molecule has 14 atom stereocenters. The van der Waals surface area contributed by atoms with E-state index in [2.05, 4.69) is 41.9 Å². The van der Waals surface area contributed by atoms with Gasteiger partial charge in [0, 0.05) is 69.9 Å². The van der Waals surface area contributed by atoms with Crippen molar-refractivity contribution in [3.05, 3.63) is 0 Å². The number of aliphatic hydroxyl groups excluding tert-OH is 6. The molecule has 0 spiro atoms. The number of nitrogens with one attached hydrogen (secondary N) is 6. The van der Waals surface area contributed by atoms with E-state index in [0.717, 1.165) is 103 Å². The van der Waals surface area contributed by atoms with Crippen LogP contribution in [0.5, 0.6) is 0 Å². The van der Waals surface area contributed by atoms with Crippen molar-refractivity contribution < 1.29 is 118 Å². The summed E-state index contributed by atoms with van der Waals surface area (Å²) >= 11 is 0. The van der Waals surface area contributed by atoms with Gasteiger partial charge in [-0.1, -0.05) is 192 Å². The molecule has 0 aliphatic rings. The van der Waals surface area contributed by atoms with Crippen molar-refractivity contribution in [2.45, 2.75) is 351 Å². The highest BCUT2D eigenvalue weighted by atomic mass is 16.4. The molecule has 124 heavy (non-hydrogen) atoms. The lowest BCUT2D eigenvalue weighted by Gasteiger charge is -2.28. The molecular formula is C88H158N12O24. The molecule has 0 radical (unpaired) electrons. The molecule has 714 valence electrons. The Morgan fingerprint density at radius 1 is 0.306 bits per heavy atom. The number of carboxylic acids is 2. The summed E-state index contributed by atoms with van der Waals surface area (Å²) in [7, 11) is 0. The molecule has 0 aromatic heterocycles. The zero-order valence-corrected chi connectivity index (χ0v) is 75.3. The fourth-order valence-electron chi connectivity index (χ4n) is 13.6. The number of nitrogens with two attached hydrogens (primary N) is 4. The predicted molar refractivity (Wildman–Crippen MR) is 471 cm³/mol. The van der Waals surface area contributed by atoms with Crippen LogP contribution < -0.4 is 54.8 Å². The van der Waals surface area contributed by atoms with Gasteiger partial charge in [0.1, 0.15) is 12.1 Å². The molecule has 0 aliphatic heterocycles. The monoisotopic (exact) mass is 1770 g/mol. The minimum absolute atomic E-state index is 0. The van der Waals surface area contributed by atoms with Crippen LogP contribution in [-0.4, -0.2) is 234 Å². The number of rotatable bonds is 73. The number of primary amides is 2. The van der Waals surface area contributed by atoms with Crippen LogP contribution in [0, 0.1) is 59.2 Å². The summed E-state index contributed by atoms with van der Waals surface area (Å²) in [6, 6.07) is -7.80. The molecule has 0 aliphatic carbocycles. The first-order valence-electron chi connectivity index (χ1n) is 44.1. The number of aliphatic carboxylic acids is 2. The number of carbonyl (C=O) groups is 16. The number of ketones is 6. The summed E-state index contributed by atoms with van der Waals surface area (Å²) in [5.41, 5.74) is 21.5. The maximum absolute atomic E-state index is 13.6. The maximum atomic E-state index is 13.6. The highest BCUT2D eigenvalue weighted by molar-refractivity contribution is 6.00. The van der Waals surface area contributed by atoms with E-state index < -0.39 is 266 Å². The maximum Gasteiger partial charge on any atom is 0.306 e. The predicted octanol–water partition coefficient (Wildman–Crippen LogP) is 4.75. The first-order chi connectivity index (χ1) is 57.8. The van der Waals surface area contributed by atoms with Crippen molar-refractivity contribution in [2.24, 2.45) is 92.1 Å². The number of unbranched alkanes of at least 4 members (excludes halogenated alkanes) is 18. The number of aliphatic imine (C=N–C) groups is 2. The third-order valence-electron chi connectivity index (χ3n) is 21.4. The molecule has 36 nitrogen and oxygen atoms in total. The van der Waals surface area contributed by atoms with Gasteiger partial charge < -0.3 is 95.7 Å². The van der Waals surface area contributed by atoms with Crippen LogP contribution in [-0.2, 0) is 76.7 Å². The van der Waals surface area contributed by atoms with E-state index in [1.165, 1.54) is 52.4 Å². The Morgan fingerprint density at radius 3 is 0.879 bits per heavy atom. The van der Waals surface area contributed by atoms with Crippen LogP contribution in [0.15, 0.2) is 9.98 Å². The summed E-state index contributed by atoms with van der Waals surface area (Å²) in [6.07, 6.45) is 15.8. The Balaban J connectivity index is -0.00000234. The average molecular weight is 1770 g/mol. The second-order valence-electron chi connectivity index (χ2n) is 34.2. The SMILES string of the molecule is C.CC(N)=NCCCCCCCCCCCCC(O)CC(=O)NC(CO)C(=O)CC(C(=O)NC(C(=O)CC(CO)C(=O)NC(CC(N)=O)C(=O)CC(C)C(=O)O)C(C)C)C(C)C.CC(N)=NCCCCCCCCCCCCC(O)CC(=O)NC(CO)C(=O)CC(C(=O)NC(C(=O)CC(CO)C(=O)NC(CCC(N)=O)C(=O)CC(C)C(=O)O)C(C)C)C(C)C. The molecule has 0 bridgehead atoms. The van der Waals surface area contributed by atoms with E-state index >= 15 is 0 Å². The van der Waals surface area contributed by atoms with Gasteiger partial charge in [0.15, 0.2) is 34.7 Å². The third-order valence-corrected chi connectivity index (χ3v) is 21.4. The highest BCUT2D eigenvalue weighted by Crippen LogP contribution is 2.24. The van der Waals surface area contributed by atoms with Crippen LogP contribution in [0.4, 0.5) is 0 Å². The minimum Gasteiger partial charge on any atom is -0.481 e. The topological polar surface area (TPSA) is 636 Å². The lowest BCUT2D eigenvalue weighted by atomic mass is 9.86. The fourth-order valence-corrected chi connectivity index (χ4v) is 13.6. The molecule has 0 aromatic rings. The van der Waals surface area contributed by atoms with Gasteiger partial charge in [-0.15, -0.1) is 0 Å². The Labute approximate surface area is 734 Å². The molecule has 36 heteroatoms. The van der Waals surface area contributed by atoms with Gasteiger partial charge in [-0.2, -0.15) is 0 Å². The minimum atomic E-state index is -1.49. The molecule has 0 saturated carbocycles. The summed E-state index contributed by atoms with van der Waals surface area (Å²) in [6.45, 7) is 17.9. The molecule has 8 amide bonds. The number of aliphatic hydroxyl groups is 6. The molecule has 0 rings (SSSR count). The zero-order chi connectivity index (χ0) is 94.0. The van der Waals surface area contributed by atoms with Crippen LogP contribution in [0.25, 0.3) is 0 Å². The first kappa shape index (κ1) is 120. The van der Waals surface area contributed by atoms with Gasteiger partial charge >= 0.3 is 11.9 Å². The van der Waals surface area contributed by atoms with Crippen molar-refractivity contribution in [1.82, 2.24) is 31.9 Å². The van der Waals surface area contributed by atoms with E-state index in [0.29, 0.717) is 24.5 Å². The van der Waals surface area contributed by atoms with Crippen LogP contribution in [0.3, 0.4) is 0 Å². The lowest BCUT2D eigenvalue weighted by Crippen LogP contribution is -2.51. The Morgan fingerprint density at radius 2 is 0.605 bits per heavy atom. The summed E-state index contributed by atoms with van der Waals surface area (Å²) in [5.74, 6) is -20.2. The van der Waals surface area contributed by atoms with E-state index in [1.54, 1.807) is 69.2 Å². The summed E-state index contributed by atoms with van der Waals surface area (Å²) < 4.78 is 0. The number of carbonyl (C=O) groups excluding carboxylic acids is 14. The molecule has 0 heterocycles. The Bertz CT molecular complexity index is 3310. The fraction of sp³-hybridized carbons (Fsp3) is 0.795. The van der Waals surface area contributed by atoms with Gasteiger partial charge in [-0.3, -0.25) is 86.7 Å². The van der Waals surface area contributed by atoms with Gasteiger partial charge in [-0.05, 0) is 69.6 Å². The first-order valence-corrected chi connectivity index (χ1v) is 44.1. The molecule has 0 fully saturated rings. The van der Waals surface area contributed by atoms with Crippen LogP contribution >= 0.6 is 0 Å². The molecule has 14 unspecified atom stereocenters. The van der Waals surface area contributed by atoms with Crippen molar-refractivity contribution in [3.8, 4) is 0 Å². The van der Waals surface area contributed by atoms with Crippen molar-refractivity contribution in [3.63, 3.8) is 0 Å². The number of hydrogen-bond donors (Lipinski definition) is 18. The quantitative estimate of drug-likeness (QED) is 0.0222. The average Bonchev–Trinajstić information content (AvgIpc) is 0.850. The number of nitrogens with zero attached hydrogens (tertiary/aromatic N) is 2. The number of hydrogen-bond acceptors (Lipinski definition) is 24. The number of carboxylic acid groups (broad SMARTS) is 2. The van der Waals surface area contributed by atoms with Gasteiger partial charge in [0.05, 0.1) is 117 Å². The largest absolute Gasteiger partial charge is 0.481 e. The zero-order valence-electron chi connectivity index (χ0n) is 75.3. The second kappa shape index (κ2) is 68.7. The summed E-state index contributed by atoms with van der Waals surface area (Å²) in [5, 5.41) is 94.2. The van der Waals surface area contributed by atoms with E-state index in [9.17, 15) is 112 Å². The van der Waals surface area contributed by atoms with Gasteiger partial charge in [0.25, 0.3) is 0 Å². The molecule has 0 saturated heterocycles. The van der Waals surface area contributed by atoms with Crippen molar-refractivity contribution in [2.75, 3.05) is 39.5 Å². The Kier molecular flexibility index (Phi) is 66.2. The molecular weight excluding hydrogens is 1610 g/mol. The number of amides is 8. The Hall–Kier alpha value is -8.58. The molecule has 0 aromatic carbocycles. The van der Waals surface area contributed by atoms with Crippen LogP contribution in [0.1, 0.15) is 302 Å². The normalized spacial score (nSPS) is 15.1. The molecule has 22 N–H and O–H groups in total. The smallest absolute Gasteiger partial charge is 0.306 e. The van der Waals surface area contributed by atoms with Gasteiger partial charge in [0.2, 0.25) is 47.3 Å². The summed E-state index contributed by atoms with van der Waals surface area (Å²) in [4.78, 5) is 212. The van der Waals surface area contributed by atoms with E-state index in [-0.39, 0.29) is 39.5 Å². The lowest BCUT2D eigenvalue weighted by molar-refractivity contribution is -0.144. The second-order valence-corrected chi connectivity index (χ2v) is 34.2. The van der Waals surface area contributed by atoms with Crippen LogP contribution in [0.2, 0.25) is 0 Å². The number of amidine groups is 2. The van der Waals surface area contributed by atoms with Crippen molar-refractivity contribution >= 4 is 106 Å². The standard InChI is InChI=1S/C44H78N6O12.C43H76N6O12.CH4/c1-27(2)33(24-37(55)35(26-52)48-40(58)23-32(53)17-15-13-11-9-7-8-10-12-14-16-20-47-30(6)45)43(60)50-41(28(3)4)38(56)22-31(25-51)42(59)49-34(18-19-39(46)57)36(54)21-29(5)44(61)62;1-26(2)32(22-36(54)34(25-51)47-39(57)21-31(52)17-15-13-11-9-7-8-10-12-14-16-18-46-29(6)44)42(59)49-40(27(3)4)37(55)20-30(24-50)41(58)48-33(23-38(45)56)35(53)19-28(5)43(60)61;/h27-29,31-35,41,51-53H,7-26H2,1-6H3,(H2,45,47)(H2,46,57)(H,48,58)(H,49,59)(H,50,60)(H,61,62);26-28,30-34,40,50-52H,7-25H2,1-6H3,(H2,44,46)(H2,45,56)(H,47,57)(H,48,58)(H,49,59)(H,60,61);1H4. The van der Waals surface area contributed by atoms with E-state index in [4.69, 9.17) is 28.0 Å². The van der Waals surface area contributed by atoms with Gasteiger partial charge in [-0.25, -0.2) is 0 Å². The van der Waals surface area contributed by atoms with E-state index in [1.807, 2.05) is 0 Å². The highest BCUT2D eigenvalue weighted by Gasteiger charge is 2.39. The number of Topliss-reactive ketones (excluding diaryl/α,β-unsaturated/α-hetero) is 6.